The predicted octanol–water partition coefficient (Wildman–Crippen LogP) is -1.19. The summed E-state index contributed by atoms with van der Waals surface area (Å²) in [7, 11) is 0. The molecular weight excluding hydrogens is 484 g/mol. The number of nitrogens with one attached hydrogen (secondary N) is 4. The van der Waals surface area contributed by atoms with Crippen LogP contribution in [0, 0.1) is 5.92 Å². The number of carbonyl (C=O) groups is 4. The van der Waals surface area contributed by atoms with Crippen molar-refractivity contribution in [2.75, 3.05) is 6.61 Å². The van der Waals surface area contributed by atoms with Gasteiger partial charge in [0, 0.05) is 24.7 Å². The van der Waals surface area contributed by atoms with Crippen LogP contribution in [0.15, 0.2) is 36.8 Å². The number of H-pyrrole nitrogens is 1. The topological polar surface area (TPSA) is 220 Å². The number of phenols is 1. The average Bonchev–Trinajstić information content (AvgIpc) is 3.39. The number of amides is 3. The molecule has 5 unspecified atom stereocenters. The van der Waals surface area contributed by atoms with E-state index >= 15 is 0 Å². The van der Waals surface area contributed by atoms with Gasteiger partial charge in [-0.3, -0.25) is 14.4 Å². The van der Waals surface area contributed by atoms with Crippen molar-refractivity contribution in [1.82, 2.24) is 25.9 Å². The van der Waals surface area contributed by atoms with Gasteiger partial charge in [0.2, 0.25) is 17.7 Å². The van der Waals surface area contributed by atoms with Crippen LogP contribution in [-0.4, -0.2) is 79.8 Å². The highest BCUT2D eigenvalue weighted by Gasteiger charge is 2.31. The molecule has 0 bridgehead atoms. The number of carbonyl (C=O) groups excluding carboxylic acids is 3. The zero-order valence-electron chi connectivity index (χ0n) is 20.7. The third-order valence-corrected chi connectivity index (χ3v) is 5.98. The number of benzene rings is 1. The highest BCUT2D eigenvalue weighted by Crippen LogP contribution is 2.12. The summed E-state index contributed by atoms with van der Waals surface area (Å²) in [6.07, 6.45) is 3.29. The molecule has 0 saturated carbocycles. The molecule has 13 heteroatoms. The molecular formula is C24H34N6O7. The number of nitrogens with two attached hydrogens (primary N) is 1. The van der Waals surface area contributed by atoms with E-state index < -0.39 is 54.5 Å². The van der Waals surface area contributed by atoms with E-state index in [4.69, 9.17) is 5.73 Å². The predicted molar refractivity (Wildman–Crippen MR) is 132 cm³/mol. The molecule has 0 aliphatic heterocycles. The fourth-order valence-corrected chi connectivity index (χ4v) is 3.41. The highest BCUT2D eigenvalue weighted by molar-refractivity contribution is 5.94. The molecule has 2 aromatic rings. The lowest BCUT2D eigenvalue weighted by Gasteiger charge is -2.25. The Morgan fingerprint density at radius 2 is 1.57 bits per heavy atom. The zero-order valence-corrected chi connectivity index (χ0v) is 20.7. The summed E-state index contributed by atoms with van der Waals surface area (Å²) < 4.78 is 0. The van der Waals surface area contributed by atoms with Gasteiger partial charge >= 0.3 is 5.97 Å². The molecule has 0 aliphatic carbocycles. The quantitative estimate of drug-likeness (QED) is 0.150. The maximum Gasteiger partial charge on any atom is 0.326 e. The first kappa shape index (κ1) is 29.3. The average molecular weight is 519 g/mol. The second kappa shape index (κ2) is 13.9. The molecule has 9 N–H and O–H groups in total. The minimum atomic E-state index is -1.39. The Balaban J connectivity index is 2.20. The van der Waals surface area contributed by atoms with Crippen molar-refractivity contribution in [3.8, 4) is 5.75 Å². The van der Waals surface area contributed by atoms with Crippen LogP contribution in [0.4, 0.5) is 0 Å². The number of nitrogens with zero attached hydrogens (tertiary/aromatic N) is 1. The molecule has 0 aliphatic rings. The number of phenolic OH excluding ortho intramolecular Hbond substituents is 1. The zero-order chi connectivity index (χ0) is 27.5. The molecule has 0 radical (unpaired) electrons. The molecule has 13 nitrogen and oxygen atoms in total. The van der Waals surface area contributed by atoms with Crippen LogP contribution >= 0.6 is 0 Å². The fraction of sp³-hybridized carbons (Fsp3) is 0.458. The summed E-state index contributed by atoms with van der Waals surface area (Å²) in [5.74, 6) is -3.75. The number of aliphatic hydroxyl groups is 1. The Kier molecular flexibility index (Phi) is 11.0. The van der Waals surface area contributed by atoms with Gasteiger partial charge in [-0.2, -0.15) is 0 Å². The van der Waals surface area contributed by atoms with Gasteiger partial charge in [0.1, 0.15) is 23.9 Å². The summed E-state index contributed by atoms with van der Waals surface area (Å²) in [6.45, 7) is 2.88. The lowest BCUT2D eigenvalue weighted by molar-refractivity contribution is -0.142. The van der Waals surface area contributed by atoms with Crippen LogP contribution in [0.25, 0.3) is 0 Å². The molecule has 3 amide bonds. The molecule has 0 spiro atoms. The second-order valence-electron chi connectivity index (χ2n) is 8.77. The number of aromatic nitrogens is 2. The second-order valence-corrected chi connectivity index (χ2v) is 8.77. The van der Waals surface area contributed by atoms with Gasteiger partial charge in [0.05, 0.1) is 19.0 Å². The molecule has 1 aromatic heterocycles. The summed E-state index contributed by atoms with van der Waals surface area (Å²) in [4.78, 5) is 56.8. The van der Waals surface area contributed by atoms with Crippen LogP contribution in [0.2, 0.25) is 0 Å². The van der Waals surface area contributed by atoms with Crippen molar-refractivity contribution in [1.29, 1.82) is 0 Å². The number of aromatic amines is 1. The van der Waals surface area contributed by atoms with E-state index in [0.717, 1.165) is 0 Å². The van der Waals surface area contributed by atoms with Crippen molar-refractivity contribution in [3.05, 3.63) is 48.0 Å². The fourth-order valence-electron chi connectivity index (χ4n) is 3.41. The maximum atomic E-state index is 13.1. The minimum absolute atomic E-state index is 0.0000102. The molecule has 2 rings (SSSR count). The third-order valence-electron chi connectivity index (χ3n) is 5.98. The summed E-state index contributed by atoms with van der Waals surface area (Å²) in [6, 6.07) is 0.993. The van der Waals surface area contributed by atoms with Crippen molar-refractivity contribution < 1.29 is 34.5 Å². The maximum absolute atomic E-state index is 13.1. The number of rotatable bonds is 14. The minimum Gasteiger partial charge on any atom is -0.508 e. The van der Waals surface area contributed by atoms with Crippen LogP contribution < -0.4 is 21.7 Å². The first-order valence-electron chi connectivity index (χ1n) is 11.8. The van der Waals surface area contributed by atoms with E-state index in [1.54, 1.807) is 6.92 Å². The third kappa shape index (κ3) is 8.88. The van der Waals surface area contributed by atoms with Crippen molar-refractivity contribution >= 4 is 23.7 Å². The first-order chi connectivity index (χ1) is 17.5. The number of imidazole rings is 1. The Bertz CT molecular complexity index is 1040. The molecule has 0 saturated heterocycles. The molecule has 1 aromatic carbocycles. The van der Waals surface area contributed by atoms with Crippen LogP contribution in [-0.2, 0) is 32.0 Å². The number of hydrogen-bond acceptors (Lipinski definition) is 8. The largest absolute Gasteiger partial charge is 0.508 e. The normalized spacial score (nSPS) is 15.0. The lowest BCUT2D eigenvalue weighted by Crippen LogP contribution is -2.59. The Morgan fingerprint density at radius 1 is 0.973 bits per heavy atom. The number of aliphatic hydroxyl groups excluding tert-OH is 1. The number of aliphatic carboxylic acids is 1. The van der Waals surface area contributed by atoms with Gasteiger partial charge in [0.15, 0.2) is 0 Å². The van der Waals surface area contributed by atoms with Crippen LogP contribution in [0.1, 0.15) is 31.5 Å². The summed E-state index contributed by atoms with van der Waals surface area (Å²) in [5.41, 5.74) is 6.94. The van der Waals surface area contributed by atoms with Gasteiger partial charge in [0.25, 0.3) is 0 Å². The monoisotopic (exact) mass is 518 g/mol. The molecule has 37 heavy (non-hydrogen) atoms. The summed E-state index contributed by atoms with van der Waals surface area (Å²) in [5, 5.41) is 36.1. The van der Waals surface area contributed by atoms with E-state index in [1.807, 2.05) is 6.92 Å². The highest BCUT2D eigenvalue weighted by atomic mass is 16.4. The van der Waals surface area contributed by atoms with Crippen LogP contribution in [0.3, 0.4) is 0 Å². The molecule has 0 fully saturated rings. The number of hydrogen-bond donors (Lipinski definition) is 8. The Hall–Kier alpha value is -3.97. The van der Waals surface area contributed by atoms with E-state index in [1.165, 1.54) is 36.8 Å². The standard InChI is InChI=1S/C24H34N6O7/c1-3-13(2)20(25)23(35)30-19(11-31)22(34)28-17(8-14-4-6-16(32)7-5-14)21(33)29-18(24(36)37)9-15-10-26-12-27-15/h4-7,10,12-13,17-20,31-32H,3,8-9,11,25H2,1-2H3,(H,26,27)(H,28,34)(H,29,33)(H,30,35)(H,36,37). The van der Waals surface area contributed by atoms with Crippen LogP contribution in [0.5, 0.6) is 5.75 Å². The van der Waals surface area contributed by atoms with Gasteiger partial charge in [-0.05, 0) is 23.6 Å². The van der Waals surface area contributed by atoms with Crippen molar-refractivity contribution in [3.63, 3.8) is 0 Å². The van der Waals surface area contributed by atoms with Crippen molar-refractivity contribution in [2.24, 2.45) is 11.7 Å². The smallest absolute Gasteiger partial charge is 0.326 e. The van der Waals surface area contributed by atoms with Gasteiger partial charge in [-0.1, -0.05) is 32.4 Å². The SMILES string of the molecule is CCC(C)C(N)C(=O)NC(CO)C(=O)NC(Cc1ccc(O)cc1)C(=O)NC(Cc1cnc[nH]1)C(=O)O. The molecule has 202 valence electrons. The Labute approximate surface area is 213 Å². The Morgan fingerprint density at radius 3 is 2.11 bits per heavy atom. The molecule has 1 heterocycles. The number of carboxylic acid groups (broad SMARTS) is 1. The lowest BCUT2D eigenvalue weighted by atomic mass is 9.99. The van der Waals surface area contributed by atoms with Gasteiger partial charge < -0.3 is 42.0 Å². The van der Waals surface area contributed by atoms with E-state index in [-0.39, 0.29) is 24.5 Å². The van der Waals surface area contributed by atoms with Gasteiger partial charge in [-0.15, -0.1) is 0 Å². The first-order valence-corrected chi connectivity index (χ1v) is 11.8. The van der Waals surface area contributed by atoms with E-state index in [2.05, 4.69) is 25.9 Å². The molecule has 5 atom stereocenters. The van der Waals surface area contributed by atoms with E-state index in [9.17, 15) is 34.5 Å². The number of carboxylic acids is 1. The number of aromatic hydroxyl groups is 1. The van der Waals surface area contributed by atoms with Gasteiger partial charge in [-0.25, -0.2) is 9.78 Å². The van der Waals surface area contributed by atoms with Crippen molar-refractivity contribution in [2.45, 2.75) is 57.3 Å². The summed E-state index contributed by atoms with van der Waals surface area (Å²) >= 11 is 0. The van der Waals surface area contributed by atoms with E-state index in [0.29, 0.717) is 17.7 Å².